The van der Waals surface area contributed by atoms with Crippen LogP contribution in [-0.4, -0.2) is 33.7 Å². The minimum Gasteiger partial charge on any atom is -0.455 e. The second kappa shape index (κ2) is 7.85. The first-order chi connectivity index (χ1) is 12.6. The number of primary amides is 1. The number of carbonyl (C=O) groups excluding carboxylic acids is 2. The van der Waals surface area contributed by atoms with Gasteiger partial charge < -0.3 is 20.0 Å². The van der Waals surface area contributed by atoms with Gasteiger partial charge >= 0.3 is 6.03 Å². The van der Waals surface area contributed by atoms with Gasteiger partial charge in [-0.3, -0.25) is 4.79 Å². The van der Waals surface area contributed by atoms with Crippen LogP contribution >= 0.6 is 0 Å². The highest BCUT2D eigenvalue weighted by molar-refractivity contribution is 6.06. The van der Waals surface area contributed by atoms with E-state index < -0.39 is 6.03 Å². The maximum absolute atomic E-state index is 12.5. The number of hydrazone groups is 1. The number of carbonyl (C=O) groups is 2. The van der Waals surface area contributed by atoms with Crippen molar-refractivity contribution < 1.29 is 14.0 Å². The molecule has 9 nitrogen and oxygen atoms in total. The third-order valence-corrected chi connectivity index (χ3v) is 4.27. The third kappa shape index (κ3) is 3.93. The number of aromatic nitrogens is 2. The number of amides is 3. The van der Waals surface area contributed by atoms with Crippen molar-refractivity contribution in [3.8, 4) is 0 Å². The molecule has 2 aromatic heterocycles. The lowest BCUT2D eigenvalue weighted by Gasteiger charge is -2.13. The number of nitrogens with one attached hydrogen (secondary N) is 2. The van der Waals surface area contributed by atoms with Crippen LogP contribution in [0.1, 0.15) is 46.7 Å². The molecule has 26 heavy (non-hydrogen) atoms. The highest BCUT2D eigenvalue weighted by Gasteiger charge is 2.27. The van der Waals surface area contributed by atoms with E-state index in [0.717, 1.165) is 42.7 Å². The molecule has 2 aromatic rings. The van der Waals surface area contributed by atoms with Crippen LogP contribution in [0.4, 0.5) is 4.79 Å². The maximum atomic E-state index is 12.5. The van der Waals surface area contributed by atoms with Crippen molar-refractivity contribution in [3.05, 3.63) is 41.4 Å². The molecule has 0 bridgehead atoms. The fourth-order valence-electron chi connectivity index (χ4n) is 3.08. The van der Waals surface area contributed by atoms with Gasteiger partial charge in [0.2, 0.25) is 0 Å². The van der Waals surface area contributed by atoms with Gasteiger partial charge in [-0.1, -0.05) is 0 Å². The molecule has 0 unspecified atom stereocenters. The molecule has 2 heterocycles. The van der Waals surface area contributed by atoms with Crippen molar-refractivity contribution in [1.82, 2.24) is 20.3 Å². The topological polar surface area (TPSA) is 128 Å². The largest absolute Gasteiger partial charge is 0.455 e. The Labute approximate surface area is 150 Å². The Kier molecular flexibility index (Phi) is 5.35. The average molecular weight is 358 g/mol. The predicted octanol–water partition coefficient (Wildman–Crippen LogP) is 1.31. The maximum Gasteiger partial charge on any atom is 0.332 e. The van der Waals surface area contributed by atoms with E-state index >= 15 is 0 Å². The number of aryl methyl sites for hydroxylation is 2. The minimum absolute atomic E-state index is 0.246. The second-order valence-corrected chi connectivity index (χ2v) is 6.15. The average Bonchev–Trinajstić information content (AvgIpc) is 3.25. The van der Waals surface area contributed by atoms with E-state index in [4.69, 9.17) is 10.2 Å². The molecule has 138 valence electrons. The molecule has 0 spiro atoms. The number of rotatable bonds is 6. The van der Waals surface area contributed by atoms with E-state index in [1.807, 2.05) is 17.7 Å². The van der Waals surface area contributed by atoms with Gasteiger partial charge in [0.1, 0.15) is 5.76 Å². The number of hydrogen-bond donors (Lipinski definition) is 3. The van der Waals surface area contributed by atoms with Gasteiger partial charge in [0.15, 0.2) is 5.76 Å². The lowest BCUT2D eigenvalue weighted by atomic mass is 9.93. The molecule has 3 rings (SSSR count). The van der Waals surface area contributed by atoms with Crippen LogP contribution in [0.15, 0.2) is 28.2 Å². The third-order valence-electron chi connectivity index (χ3n) is 4.27. The molecule has 0 fully saturated rings. The number of hydrogen-bond acceptors (Lipinski definition) is 5. The highest BCUT2D eigenvalue weighted by Crippen LogP contribution is 2.29. The molecule has 4 N–H and O–H groups in total. The van der Waals surface area contributed by atoms with Gasteiger partial charge in [-0.15, -0.1) is 0 Å². The van der Waals surface area contributed by atoms with Crippen LogP contribution in [0.2, 0.25) is 0 Å². The Balaban J connectivity index is 1.66. The molecule has 3 amide bonds. The summed E-state index contributed by atoms with van der Waals surface area (Å²) in [6.07, 6.45) is 8.41. The number of furan rings is 1. The lowest BCUT2D eigenvalue weighted by Crippen LogP contribution is -2.27. The summed E-state index contributed by atoms with van der Waals surface area (Å²) in [5, 5.41) is 6.93. The fourth-order valence-corrected chi connectivity index (χ4v) is 3.08. The van der Waals surface area contributed by atoms with E-state index in [2.05, 4.69) is 20.8 Å². The molecule has 0 radical (unpaired) electrons. The molecule has 1 aliphatic rings. The van der Waals surface area contributed by atoms with Crippen molar-refractivity contribution in [1.29, 1.82) is 0 Å². The molecular formula is C17H22N6O3. The zero-order chi connectivity index (χ0) is 18.5. The van der Waals surface area contributed by atoms with Gasteiger partial charge in [-0.25, -0.2) is 15.2 Å². The van der Waals surface area contributed by atoms with E-state index in [-0.39, 0.29) is 5.91 Å². The first-order valence-electron chi connectivity index (χ1n) is 8.55. The Morgan fingerprint density at radius 3 is 3.00 bits per heavy atom. The number of nitrogens with zero attached hydrogens (tertiary/aromatic N) is 3. The summed E-state index contributed by atoms with van der Waals surface area (Å²) in [6.45, 7) is 3.14. The molecule has 0 saturated carbocycles. The van der Waals surface area contributed by atoms with Crippen molar-refractivity contribution in [2.75, 3.05) is 6.54 Å². The van der Waals surface area contributed by atoms with E-state index in [1.165, 1.54) is 0 Å². The molecule has 0 aromatic carbocycles. The van der Waals surface area contributed by atoms with E-state index in [9.17, 15) is 9.59 Å². The standard InChI is InChI=1S/C17H22N6O3/c1-11-14-12(21-22-17(18)25)4-2-5-13(14)26-15(11)16(24)20-6-3-8-23-9-7-19-10-23/h7,9-10H,2-6,8H2,1H3,(H,20,24)(H3,18,22,25)/b21-12+. The quantitative estimate of drug-likeness (QED) is 0.531. The van der Waals surface area contributed by atoms with Crippen LogP contribution in [0.3, 0.4) is 0 Å². The summed E-state index contributed by atoms with van der Waals surface area (Å²) in [5.41, 5.74) is 9.55. The Hall–Kier alpha value is -3.10. The second-order valence-electron chi connectivity index (χ2n) is 6.15. The number of nitrogens with two attached hydrogens (primary N) is 1. The van der Waals surface area contributed by atoms with Gasteiger partial charge in [0, 0.05) is 43.0 Å². The summed E-state index contributed by atoms with van der Waals surface area (Å²) < 4.78 is 7.74. The summed E-state index contributed by atoms with van der Waals surface area (Å²) in [7, 11) is 0. The normalized spacial score (nSPS) is 14.9. The van der Waals surface area contributed by atoms with Gasteiger partial charge in [0.25, 0.3) is 5.91 Å². The highest BCUT2D eigenvalue weighted by atomic mass is 16.4. The monoisotopic (exact) mass is 358 g/mol. The van der Waals surface area contributed by atoms with Crippen LogP contribution in [0.25, 0.3) is 0 Å². The predicted molar refractivity (Wildman–Crippen MR) is 94.8 cm³/mol. The van der Waals surface area contributed by atoms with Gasteiger partial charge in [0.05, 0.1) is 12.0 Å². The van der Waals surface area contributed by atoms with Crippen LogP contribution in [-0.2, 0) is 13.0 Å². The van der Waals surface area contributed by atoms with Crippen LogP contribution in [0.5, 0.6) is 0 Å². The minimum atomic E-state index is -0.721. The molecular weight excluding hydrogens is 336 g/mol. The zero-order valence-electron chi connectivity index (χ0n) is 14.6. The fraction of sp³-hybridized carbons (Fsp3) is 0.412. The summed E-state index contributed by atoms with van der Waals surface area (Å²) >= 11 is 0. The molecule has 0 aliphatic heterocycles. The molecule has 1 aliphatic carbocycles. The van der Waals surface area contributed by atoms with Crippen molar-refractivity contribution in [2.45, 2.75) is 39.2 Å². The van der Waals surface area contributed by atoms with Crippen molar-refractivity contribution in [2.24, 2.45) is 10.8 Å². The zero-order valence-corrected chi connectivity index (χ0v) is 14.6. The number of imidazole rings is 1. The molecule has 0 atom stereocenters. The van der Waals surface area contributed by atoms with E-state index in [0.29, 0.717) is 24.4 Å². The van der Waals surface area contributed by atoms with Crippen molar-refractivity contribution in [3.63, 3.8) is 0 Å². The van der Waals surface area contributed by atoms with Gasteiger partial charge in [-0.2, -0.15) is 5.10 Å². The van der Waals surface area contributed by atoms with E-state index in [1.54, 1.807) is 12.5 Å². The van der Waals surface area contributed by atoms with Crippen molar-refractivity contribution >= 4 is 17.6 Å². The Morgan fingerprint density at radius 1 is 1.42 bits per heavy atom. The first-order valence-corrected chi connectivity index (χ1v) is 8.55. The van der Waals surface area contributed by atoms with Crippen LogP contribution in [0, 0.1) is 6.92 Å². The summed E-state index contributed by atoms with van der Waals surface area (Å²) in [5.74, 6) is 0.776. The lowest BCUT2D eigenvalue weighted by molar-refractivity contribution is 0.0922. The first kappa shape index (κ1) is 17.7. The summed E-state index contributed by atoms with van der Waals surface area (Å²) in [4.78, 5) is 27.3. The number of urea groups is 1. The Morgan fingerprint density at radius 2 is 2.27 bits per heavy atom. The summed E-state index contributed by atoms with van der Waals surface area (Å²) in [6, 6.07) is -0.721. The molecule has 9 heteroatoms. The van der Waals surface area contributed by atoms with Crippen LogP contribution < -0.4 is 16.5 Å². The van der Waals surface area contributed by atoms with Gasteiger partial charge in [-0.05, 0) is 26.2 Å². The smallest absolute Gasteiger partial charge is 0.332 e. The number of fused-ring (bicyclic) bond motifs is 1. The Bertz CT molecular complexity index is 822. The molecule has 0 saturated heterocycles. The SMILES string of the molecule is Cc1c(C(=O)NCCCn2ccnc2)oc2c1/C(=N/NC(N)=O)CCC2.